The number of para-hydroxylation sites is 1. The SMILES string of the molecule is CCn1c(S[C@@H](C)C(=O)Nc2ccccc2C(F)(F)F)nnc1C1CC1. The Labute approximate surface area is 153 Å². The van der Waals surface area contributed by atoms with Crippen molar-refractivity contribution in [2.24, 2.45) is 0 Å². The topological polar surface area (TPSA) is 59.8 Å². The number of aromatic nitrogens is 3. The lowest BCUT2D eigenvalue weighted by atomic mass is 10.1. The lowest BCUT2D eigenvalue weighted by Gasteiger charge is -2.16. The van der Waals surface area contributed by atoms with Crippen LogP contribution in [-0.4, -0.2) is 25.9 Å². The standard InChI is InChI=1S/C17H19F3N4OS/c1-3-24-14(11-8-9-11)22-23-16(24)26-10(2)15(25)21-13-7-5-4-6-12(13)17(18,19)20/h4-7,10-11H,3,8-9H2,1-2H3,(H,21,25)/t10-/m0/s1. The molecule has 3 rings (SSSR count). The van der Waals surface area contributed by atoms with Crippen LogP contribution in [0.3, 0.4) is 0 Å². The number of amides is 1. The van der Waals surface area contributed by atoms with Gasteiger partial charge in [-0.15, -0.1) is 10.2 Å². The maximum Gasteiger partial charge on any atom is 0.418 e. The second-order valence-electron chi connectivity index (χ2n) is 6.15. The number of anilines is 1. The molecular formula is C17H19F3N4OS. The van der Waals surface area contributed by atoms with E-state index in [1.165, 1.54) is 30.0 Å². The zero-order chi connectivity index (χ0) is 18.9. The lowest BCUT2D eigenvalue weighted by molar-refractivity contribution is -0.137. The van der Waals surface area contributed by atoms with Gasteiger partial charge in [-0.3, -0.25) is 4.79 Å². The zero-order valence-corrected chi connectivity index (χ0v) is 15.2. The Morgan fingerprint density at radius 1 is 1.35 bits per heavy atom. The van der Waals surface area contributed by atoms with Gasteiger partial charge in [0.2, 0.25) is 5.91 Å². The number of thioether (sulfide) groups is 1. The highest BCUT2D eigenvalue weighted by atomic mass is 32.2. The van der Waals surface area contributed by atoms with Gasteiger partial charge in [0, 0.05) is 12.5 Å². The Morgan fingerprint density at radius 2 is 2.04 bits per heavy atom. The van der Waals surface area contributed by atoms with E-state index >= 15 is 0 Å². The summed E-state index contributed by atoms with van der Waals surface area (Å²) in [6.07, 6.45) is -2.35. The summed E-state index contributed by atoms with van der Waals surface area (Å²) in [5.74, 6) is 0.843. The molecule has 1 fully saturated rings. The van der Waals surface area contributed by atoms with Crippen LogP contribution in [0.5, 0.6) is 0 Å². The van der Waals surface area contributed by atoms with Gasteiger partial charge in [0.1, 0.15) is 5.82 Å². The van der Waals surface area contributed by atoms with Crippen LogP contribution in [-0.2, 0) is 17.5 Å². The number of benzene rings is 1. The third-order valence-corrected chi connectivity index (χ3v) is 5.23. The van der Waals surface area contributed by atoms with Gasteiger partial charge in [-0.1, -0.05) is 23.9 Å². The van der Waals surface area contributed by atoms with E-state index < -0.39 is 22.9 Å². The van der Waals surface area contributed by atoms with E-state index in [9.17, 15) is 18.0 Å². The van der Waals surface area contributed by atoms with Crippen LogP contribution in [0, 0.1) is 0 Å². The Morgan fingerprint density at radius 3 is 2.65 bits per heavy atom. The van der Waals surface area contributed by atoms with Crippen molar-refractivity contribution in [3.05, 3.63) is 35.7 Å². The van der Waals surface area contributed by atoms with E-state index in [2.05, 4.69) is 15.5 Å². The molecule has 0 aliphatic heterocycles. The third-order valence-electron chi connectivity index (χ3n) is 4.15. The molecule has 5 nitrogen and oxygen atoms in total. The van der Waals surface area contributed by atoms with Gasteiger partial charge >= 0.3 is 6.18 Å². The molecule has 0 bridgehead atoms. The molecule has 0 unspecified atom stereocenters. The number of nitrogens with zero attached hydrogens (tertiary/aromatic N) is 3. The molecule has 1 aromatic carbocycles. The van der Waals surface area contributed by atoms with Gasteiger partial charge in [0.05, 0.1) is 16.5 Å². The largest absolute Gasteiger partial charge is 0.418 e. The second kappa shape index (κ2) is 7.30. The number of halogens is 3. The van der Waals surface area contributed by atoms with Gasteiger partial charge in [-0.2, -0.15) is 13.2 Å². The van der Waals surface area contributed by atoms with E-state index in [1.807, 2.05) is 11.5 Å². The minimum Gasteiger partial charge on any atom is -0.325 e. The molecule has 0 radical (unpaired) electrons. The van der Waals surface area contributed by atoms with E-state index in [4.69, 9.17) is 0 Å². The van der Waals surface area contributed by atoms with E-state index in [0.29, 0.717) is 17.6 Å². The summed E-state index contributed by atoms with van der Waals surface area (Å²) in [5, 5.41) is 10.7. The maximum absolute atomic E-state index is 13.1. The number of carbonyl (C=O) groups excluding carboxylic acids is 1. The van der Waals surface area contributed by atoms with Crippen molar-refractivity contribution in [1.82, 2.24) is 14.8 Å². The van der Waals surface area contributed by atoms with Crippen molar-refractivity contribution in [3.8, 4) is 0 Å². The molecule has 1 aliphatic rings. The number of rotatable bonds is 6. The molecule has 26 heavy (non-hydrogen) atoms. The minimum atomic E-state index is -4.53. The predicted molar refractivity (Wildman–Crippen MR) is 93.1 cm³/mol. The molecule has 1 atom stereocenters. The summed E-state index contributed by atoms with van der Waals surface area (Å²) in [7, 11) is 0. The van der Waals surface area contributed by atoms with Gasteiger partial charge < -0.3 is 9.88 Å². The highest BCUT2D eigenvalue weighted by Gasteiger charge is 2.34. The molecule has 2 aromatic rings. The van der Waals surface area contributed by atoms with Crippen molar-refractivity contribution < 1.29 is 18.0 Å². The number of nitrogens with one attached hydrogen (secondary N) is 1. The zero-order valence-electron chi connectivity index (χ0n) is 14.4. The third kappa shape index (κ3) is 4.03. The van der Waals surface area contributed by atoms with Gasteiger partial charge in [-0.25, -0.2) is 0 Å². The fraction of sp³-hybridized carbons (Fsp3) is 0.471. The van der Waals surface area contributed by atoms with E-state index in [-0.39, 0.29) is 5.69 Å². The first kappa shape index (κ1) is 18.8. The van der Waals surface area contributed by atoms with Gasteiger partial charge in [0.15, 0.2) is 5.16 Å². The van der Waals surface area contributed by atoms with Crippen LogP contribution in [0.1, 0.15) is 44.0 Å². The highest BCUT2D eigenvalue weighted by molar-refractivity contribution is 8.00. The van der Waals surface area contributed by atoms with Gasteiger partial charge in [0.25, 0.3) is 0 Å². The molecule has 1 saturated carbocycles. The van der Waals surface area contributed by atoms with Crippen LogP contribution in [0.15, 0.2) is 29.4 Å². The van der Waals surface area contributed by atoms with Gasteiger partial charge in [-0.05, 0) is 38.8 Å². The monoisotopic (exact) mass is 384 g/mol. The maximum atomic E-state index is 13.1. The fourth-order valence-corrected chi connectivity index (χ4v) is 3.53. The average molecular weight is 384 g/mol. The summed E-state index contributed by atoms with van der Waals surface area (Å²) in [6, 6.07) is 4.94. The Hall–Kier alpha value is -2.03. The number of alkyl halides is 3. The van der Waals surface area contributed by atoms with Crippen molar-refractivity contribution in [2.75, 3.05) is 5.32 Å². The van der Waals surface area contributed by atoms with Crippen molar-refractivity contribution >= 4 is 23.4 Å². The summed E-state index contributed by atoms with van der Waals surface area (Å²) >= 11 is 1.20. The molecule has 1 N–H and O–H groups in total. The second-order valence-corrected chi connectivity index (χ2v) is 7.46. The van der Waals surface area contributed by atoms with Crippen LogP contribution in [0.4, 0.5) is 18.9 Å². The molecule has 9 heteroatoms. The Kier molecular flexibility index (Phi) is 5.27. The predicted octanol–water partition coefficient (Wildman–Crippen LogP) is 4.31. The Bertz CT molecular complexity index is 802. The molecule has 1 amide bonds. The smallest absolute Gasteiger partial charge is 0.325 e. The van der Waals surface area contributed by atoms with Crippen LogP contribution >= 0.6 is 11.8 Å². The Balaban J connectivity index is 1.72. The molecule has 140 valence electrons. The molecular weight excluding hydrogens is 365 g/mol. The molecule has 0 saturated heterocycles. The fourth-order valence-electron chi connectivity index (χ4n) is 2.61. The quantitative estimate of drug-likeness (QED) is 0.754. The highest BCUT2D eigenvalue weighted by Crippen LogP contribution is 2.40. The molecule has 1 aromatic heterocycles. The minimum absolute atomic E-state index is 0.243. The van der Waals surface area contributed by atoms with E-state index in [1.54, 1.807) is 6.92 Å². The number of carbonyl (C=O) groups is 1. The molecule has 1 heterocycles. The first-order valence-electron chi connectivity index (χ1n) is 8.38. The first-order chi connectivity index (χ1) is 12.3. The summed E-state index contributed by atoms with van der Waals surface area (Å²) in [5.41, 5.74) is -1.11. The first-order valence-corrected chi connectivity index (χ1v) is 9.26. The van der Waals surface area contributed by atoms with Crippen molar-refractivity contribution in [3.63, 3.8) is 0 Å². The van der Waals surface area contributed by atoms with Crippen LogP contribution in [0.2, 0.25) is 0 Å². The number of hydrogen-bond donors (Lipinski definition) is 1. The number of hydrogen-bond acceptors (Lipinski definition) is 4. The average Bonchev–Trinajstić information content (AvgIpc) is 3.35. The summed E-state index contributed by atoms with van der Waals surface area (Å²) in [6.45, 7) is 4.30. The summed E-state index contributed by atoms with van der Waals surface area (Å²) < 4.78 is 41.1. The van der Waals surface area contributed by atoms with Crippen LogP contribution in [0.25, 0.3) is 0 Å². The summed E-state index contributed by atoms with van der Waals surface area (Å²) in [4.78, 5) is 12.4. The normalized spacial score (nSPS) is 15.7. The molecule has 0 spiro atoms. The molecule has 1 aliphatic carbocycles. The lowest BCUT2D eigenvalue weighted by Crippen LogP contribution is -2.24. The van der Waals surface area contributed by atoms with Crippen molar-refractivity contribution in [1.29, 1.82) is 0 Å². The van der Waals surface area contributed by atoms with Crippen molar-refractivity contribution in [2.45, 2.75) is 55.7 Å². The van der Waals surface area contributed by atoms with Crippen LogP contribution < -0.4 is 5.32 Å². The van der Waals surface area contributed by atoms with E-state index in [0.717, 1.165) is 24.7 Å².